The lowest BCUT2D eigenvalue weighted by atomic mass is 9.78. The van der Waals surface area contributed by atoms with E-state index in [1.807, 2.05) is 6.07 Å². The first-order valence-corrected chi connectivity index (χ1v) is 8.82. The molecule has 2 heterocycles. The normalized spacial score (nSPS) is 25.2. The van der Waals surface area contributed by atoms with Crippen LogP contribution in [0.4, 0.5) is 14.5 Å². The van der Waals surface area contributed by atoms with Gasteiger partial charge in [-0.15, -0.1) is 0 Å². The minimum absolute atomic E-state index is 0.0502. The Morgan fingerprint density at radius 1 is 1.04 bits per heavy atom. The van der Waals surface area contributed by atoms with Crippen LogP contribution in [0.25, 0.3) is 0 Å². The van der Waals surface area contributed by atoms with E-state index in [2.05, 4.69) is 38.2 Å². The van der Waals surface area contributed by atoms with E-state index in [0.29, 0.717) is 12.2 Å². The second-order valence-electron chi connectivity index (χ2n) is 8.08. The van der Waals surface area contributed by atoms with E-state index >= 15 is 0 Å². The number of nitrogens with one attached hydrogen (secondary N) is 1. The number of benzene rings is 2. The third-order valence-corrected chi connectivity index (χ3v) is 5.39. The van der Waals surface area contributed by atoms with Crippen molar-refractivity contribution in [2.24, 2.45) is 5.92 Å². The van der Waals surface area contributed by atoms with Crippen LogP contribution < -0.4 is 5.32 Å². The first kappa shape index (κ1) is 16.5. The van der Waals surface area contributed by atoms with Crippen molar-refractivity contribution in [3.63, 3.8) is 0 Å². The van der Waals surface area contributed by atoms with Gasteiger partial charge in [-0.25, -0.2) is 8.78 Å². The Bertz CT molecular complexity index is 812. The fourth-order valence-corrected chi connectivity index (χ4v) is 4.00. The predicted octanol–water partition coefficient (Wildman–Crippen LogP) is 5.51. The predicted molar refractivity (Wildman–Crippen MR) is 94.7 cm³/mol. The number of fused-ring (bicyclic) bond motifs is 3. The van der Waals surface area contributed by atoms with E-state index < -0.39 is 5.82 Å². The summed E-state index contributed by atoms with van der Waals surface area (Å²) in [5, 5.41) is 3.44. The lowest BCUT2D eigenvalue weighted by Gasteiger charge is -2.37. The molecule has 2 aromatic carbocycles. The van der Waals surface area contributed by atoms with Crippen LogP contribution in [0.5, 0.6) is 0 Å². The van der Waals surface area contributed by atoms with Gasteiger partial charge in [-0.3, -0.25) is 0 Å². The molecule has 0 amide bonds. The van der Waals surface area contributed by atoms with Gasteiger partial charge < -0.3 is 10.1 Å². The highest BCUT2D eigenvalue weighted by Gasteiger charge is 2.42. The van der Waals surface area contributed by atoms with Crippen LogP contribution in [0.1, 0.15) is 56.0 Å². The molecule has 1 N–H and O–H groups in total. The molecule has 2 aliphatic rings. The van der Waals surface area contributed by atoms with Crippen molar-refractivity contribution in [2.45, 2.75) is 44.8 Å². The first-order chi connectivity index (χ1) is 11.8. The van der Waals surface area contributed by atoms with Gasteiger partial charge in [-0.05, 0) is 41.7 Å². The van der Waals surface area contributed by atoms with E-state index in [0.717, 1.165) is 23.7 Å². The summed E-state index contributed by atoms with van der Waals surface area (Å²) in [5.41, 5.74) is 3.76. The lowest BCUT2D eigenvalue weighted by Crippen LogP contribution is -2.30. The molecule has 0 spiro atoms. The van der Waals surface area contributed by atoms with Crippen LogP contribution in [0.15, 0.2) is 36.4 Å². The summed E-state index contributed by atoms with van der Waals surface area (Å²) in [4.78, 5) is 0. The Kier molecular flexibility index (Phi) is 3.84. The molecule has 132 valence electrons. The van der Waals surface area contributed by atoms with Gasteiger partial charge in [0.2, 0.25) is 0 Å². The van der Waals surface area contributed by atoms with E-state index in [9.17, 15) is 8.78 Å². The zero-order valence-corrected chi connectivity index (χ0v) is 14.8. The third kappa shape index (κ3) is 2.82. The SMILES string of the molecule is CC(C)(C)c1ccc2c(c1)C1OCCC1C(c1cc(F)ccc1F)N2. The third-order valence-electron chi connectivity index (χ3n) is 5.39. The number of ether oxygens (including phenoxy) is 1. The number of hydrogen-bond acceptors (Lipinski definition) is 2. The number of rotatable bonds is 1. The van der Waals surface area contributed by atoms with Crippen molar-refractivity contribution in [1.82, 2.24) is 0 Å². The highest BCUT2D eigenvalue weighted by molar-refractivity contribution is 5.59. The van der Waals surface area contributed by atoms with Gasteiger partial charge in [-0.1, -0.05) is 32.9 Å². The number of anilines is 1. The zero-order valence-electron chi connectivity index (χ0n) is 14.8. The molecule has 3 unspecified atom stereocenters. The van der Waals surface area contributed by atoms with Crippen LogP contribution in [-0.2, 0) is 10.2 Å². The Hall–Kier alpha value is -1.94. The first-order valence-electron chi connectivity index (χ1n) is 8.82. The Morgan fingerprint density at radius 2 is 1.84 bits per heavy atom. The second kappa shape index (κ2) is 5.80. The summed E-state index contributed by atoms with van der Waals surface area (Å²) in [7, 11) is 0. The Morgan fingerprint density at radius 3 is 2.60 bits per heavy atom. The summed E-state index contributed by atoms with van der Waals surface area (Å²) >= 11 is 0. The molecule has 2 aliphatic heterocycles. The molecule has 0 radical (unpaired) electrons. The summed E-state index contributed by atoms with van der Waals surface area (Å²) in [6.07, 6.45) is 0.753. The summed E-state index contributed by atoms with van der Waals surface area (Å²) < 4.78 is 34.1. The van der Waals surface area contributed by atoms with E-state index in [4.69, 9.17) is 4.74 Å². The zero-order chi connectivity index (χ0) is 17.8. The van der Waals surface area contributed by atoms with Crippen molar-refractivity contribution < 1.29 is 13.5 Å². The minimum Gasteiger partial charge on any atom is -0.377 e. The van der Waals surface area contributed by atoms with Crippen molar-refractivity contribution in [3.8, 4) is 0 Å². The van der Waals surface area contributed by atoms with Gasteiger partial charge in [0.15, 0.2) is 0 Å². The van der Waals surface area contributed by atoms with Crippen LogP contribution in [0.2, 0.25) is 0 Å². The summed E-state index contributed by atoms with van der Waals surface area (Å²) in [5.74, 6) is -0.694. The minimum atomic E-state index is -0.414. The Labute approximate surface area is 147 Å². The van der Waals surface area contributed by atoms with Crippen LogP contribution >= 0.6 is 0 Å². The fraction of sp³-hybridized carbons (Fsp3) is 0.429. The van der Waals surface area contributed by atoms with Crippen molar-refractivity contribution in [2.75, 3.05) is 11.9 Å². The number of halogens is 2. The molecular formula is C21H23F2NO. The van der Waals surface area contributed by atoms with Crippen molar-refractivity contribution >= 4 is 5.69 Å². The van der Waals surface area contributed by atoms with Crippen LogP contribution in [0.3, 0.4) is 0 Å². The van der Waals surface area contributed by atoms with Gasteiger partial charge in [-0.2, -0.15) is 0 Å². The smallest absolute Gasteiger partial charge is 0.128 e. The monoisotopic (exact) mass is 343 g/mol. The number of hydrogen-bond donors (Lipinski definition) is 1. The standard InChI is InChI=1S/C21H23F2NO/c1-21(2,3)12-4-7-18-16(10-12)20-14(8-9-25-20)19(24-18)15-11-13(22)5-6-17(15)23/h4-7,10-11,14,19-20,24H,8-9H2,1-3H3. The largest absolute Gasteiger partial charge is 0.377 e. The van der Waals surface area contributed by atoms with E-state index in [1.165, 1.54) is 17.7 Å². The quantitative estimate of drug-likeness (QED) is 0.737. The second-order valence-corrected chi connectivity index (χ2v) is 8.08. The molecule has 3 atom stereocenters. The van der Waals surface area contributed by atoms with Gasteiger partial charge in [0, 0.05) is 29.3 Å². The van der Waals surface area contributed by atoms with E-state index in [1.54, 1.807) is 0 Å². The topological polar surface area (TPSA) is 21.3 Å². The molecule has 0 bridgehead atoms. The Balaban J connectivity index is 1.79. The molecular weight excluding hydrogens is 320 g/mol. The maximum absolute atomic E-state index is 14.4. The molecule has 25 heavy (non-hydrogen) atoms. The maximum Gasteiger partial charge on any atom is 0.128 e. The molecule has 2 nitrogen and oxygen atoms in total. The molecule has 1 saturated heterocycles. The summed E-state index contributed by atoms with van der Waals surface area (Å²) in [6.45, 7) is 7.19. The molecule has 1 fully saturated rings. The van der Waals surface area contributed by atoms with Gasteiger partial charge in [0.05, 0.1) is 12.1 Å². The summed E-state index contributed by atoms with van der Waals surface area (Å²) in [6, 6.07) is 9.72. The average molecular weight is 343 g/mol. The highest BCUT2D eigenvalue weighted by atomic mass is 19.1. The van der Waals surface area contributed by atoms with E-state index in [-0.39, 0.29) is 29.3 Å². The fourth-order valence-electron chi connectivity index (χ4n) is 4.00. The maximum atomic E-state index is 14.4. The highest BCUT2D eigenvalue weighted by Crippen LogP contribution is 2.50. The lowest BCUT2D eigenvalue weighted by molar-refractivity contribution is 0.0824. The molecule has 2 aromatic rings. The molecule has 4 rings (SSSR count). The van der Waals surface area contributed by atoms with Crippen LogP contribution in [0, 0.1) is 17.6 Å². The van der Waals surface area contributed by atoms with Crippen molar-refractivity contribution in [3.05, 3.63) is 64.7 Å². The molecule has 0 aromatic heterocycles. The average Bonchev–Trinajstić information content (AvgIpc) is 3.05. The van der Waals surface area contributed by atoms with Crippen molar-refractivity contribution in [1.29, 1.82) is 0 Å². The van der Waals surface area contributed by atoms with Gasteiger partial charge >= 0.3 is 0 Å². The molecule has 0 saturated carbocycles. The van der Waals surface area contributed by atoms with Crippen LogP contribution in [-0.4, -0.2) is 6.61 Å². The van der Waals surface area contributed by atoms with Gasteiger partial charge in [0.1, 0.15) is 11.6 Å². The molecule has 4 heteroatoms. The van der Waals surface area contributed by atoms with Gasteiger partial charge in [0.25, 0.3) is 0 Å². The molecule has 0 aliphatic carbocycles.